The summed E-state index contributed by atoms with van der Waals surface area (Å²) in [6.45, 7) is 1.41. The van der Waals surface area contributed by atoms with E-state index in [-0.39, 0.29) is 11.4 Å². The SMILES string of the molecule is Cc1c([N+](=O)[O-])ccc[n+]1[O-]. The molecule has 5 nitrogen and oxygen atoms in total. The van der Waals surface area contributed by atoms with Gasteiger partial charge in [-0.15, -0.1) is 0 Å². The molecular weight excluding hydrogens is 148 g/mol. The molecule has 0 aromatic carbocycles. The van der Waals surface area contributed by atoms with Gasteiger partial charge in [0.2, 0.25) is 0 Å². The van der Waals surface area contributed by atoms with Crippen molar-refractivity contribution in [2.45, 2.75) is 6.92 Å². The van der Waals surface area contributed by atoms with Crippen molar-refractivity contribution in [1.29, 1.82) is 0 Å². The lowest BCUT2D eigenvalue weighted by Gasteiger charge is -1.98. The molecule has 0 N–H and O–H groups in total. The molecule has 1 aromatic rings. The first-order chi connectivity index (χ1) is 5.13. The number of pyridine rings is 1. The second kappa shape index (κ2) is 2.53. The van der Waals surface area contributed by atoms with Crippen LogP contribution < -0.4 is 4.73 Å². The zero-order chi connectivity index (χ0) is 8.43. The molecule has 0 spiro atoms. The van der Waals surface area contributed by atoms with Crippen molar-refractivity contribution < 1.29 is 9.65 Å². The number of hydrogen-bond acceptors (Lipinski definition) is 3. The number of nitrogens with zero attached hydrogens (tertiary/aromatic N) is 2. The van der Waals surface area contributed by atoms with Gasteiger partial charge in [0.25, 0.3) is 5.69 Å². The van der Waals surface area contributed by atoms with Gasteiger partial charge in [0.05, 0.1) is 4.92 Å². The monoisotopic (exact) mass is 154 g/mol. The van der Waals surface area contributed by atoms with Crippen molar-refractivity contribution in [1.82, 2.24) is 0 Å². The molecule has 0 saturated carbocycles. The molecule has 0 radical (unpaired) electrons. The van der Waals surface area contributed by atoms with Crippen molar-refractivity contribution in [3.05, 3.63) is 39.3 Å². The molecule has 0 saturated heterocycles. The third-order valence-corrected chi connectivity index (χ3v) is 1.37. The van der Waals surface area contributed by atoms with E-state index >= 15 is 0 Å². The smallest absolute Gasteiger partial charge is 0.336 e. The van der Waals surface area contributed by atoms with E-state index in [2.05, 4.69) is 0 Å². The minimum absolute atomic E-state index is 0.109. The van der Waals surface area contributed by atoms with E-state index in [1.165, 1.54) is 25.3 Å². The molecule has 0 aliphatic rings. The molecule has 11 heavy (non-hydrogen) atoms. The van der Waals surface area contributed by atoms with Crippen LogP contribution in [0.3, 0.4) is 0 Å². The Morgan fingerprint density at radius 2 is 2.27 bits per heavy atom. The Balaban J connectivity index is 3.27. The number of nitro groups is 1. The van der Waals surface area contributed by atoms with Gasteiger partial charge in [-0.05, 0) is 0 Å². The Morgan fingerprint density at radius 3 is 2.73 bits per heavy atom. The fraction of sp³-hybridized carbons (Fsp3) is 0.167. The van der Waals surface area contributed by atoms with Crippen LogP contribution in [0.25, 0.3) is 0 Å². The van der Waals surface area contributed by atoms with Gasteiger partial charge < -0.3 is 5.21 Å². The highest BCUT2D eigenvalue weighted by atomic mass is 16.6. The van der Waals surface area contributed by atoms with E-state index in [1.54, 1.807) is 0 Å². The molecule has 1 heterocycles. The molecule has 5 heteroatoms. The summed E-state index contributed by atoms with van der Waals surface area (Å²) in [4.78, 5) is 9.65. The third-order valence-electron chi connectivity index (χ3n) is 1.37. The van der Waals surface area contributed by atoms with Gasteiger partial charge in [0, 0.05) is 19.1 Å². The number of aromatic nitrogens is 1. The van der Waals surface area contributed by atoms with E-state index in [4.69, 9.17) is 0 Å². The normalized spacial score (nSPS) is 9.55. The lowest BCUT2D eigenvalue weighted by atomic mass is 10.3. The van der Waals surface area contributed by atoms with Crippen LogP contribution in [0.2, 0.25) is 0 Å². The van der Waals surface area contributed by atoms with Crippen LogP contribution >= 0.6 is 0 Å². The molecule has 0 bridgehead atoms. The summed E-state index contributed by atoms with van der Waals surface area (Å²) in [6, 6.07) is 2.64. The van der Waals surface area contributed by atoms with Crippen molar-refractivity contribution >= 4 is 5.69 Å². The van der Waals surface area contributed by atoms with Gasteiger partial charge in [-0.25, -0.2) is 0 Å². The van der Waals surface area contributed by atoms with Gasteiger partial charge in [0.1, 0.15) is 0 Å². The second-order valence-electron chi connectivity index (χ2n) is 2.06. The molecule has 0 amide bonds. The molecule has 58 valence electrons. The fourth-order valence-electron chi connectivity index (χ4n) is 0.751. The van der Waals surface area contributed by atoms with Crippen LogP contribution in [0.5, 0.6) is 0 Å². The Hall–Kier alpha value is -1.65. The quantitative estimate of drug-likeness (QED) is 0.256. The standard InChI is InChI=1S/C6H6N2O3/c1-5-6(8(10)11)3-2-4-7(5)9/h2-4H,1H3. The van der Waals surface area contributed by atoms with Crippen LogP contribution in [0.4, 0.5) is 5.69 Å². The summed E-state index contributed by atoms with van der Waals surface area (Å²) < 4.78 is 0.470. The third kappa shape index (κ3) is 1.26. The maximum atomic E-state index is 10.8. The van der Waals surface area contributed by atoms with Gasteiger partial charge in [-0.1, -0.05) is 0 Å². The lowest BCUT2D eigenvalue weighted by molar-refractivity contribution is -0.616. The summed E-state index contributed by atoms with van der Waals surface area (Å²) in [7, 11) is 0. The predicted molar refractivity (Wildman–Crippen MR) is 36.8 cm³/mol. The van der Waals surface area contributed by atoms with E-state index < -0.39 is 4.92 Å². The van der Waals surface area contributed by atoms with Gasteiger partial charge in [-0.3, -0.25) is 10.1 Å². The highest BCUT2D eigenvalue weighted by Gasteiger charge is 2.16. The first-order valence-corrected chi connectivity index (χ1v) is 2.96. The van der Waals surface area contributed by atoms with Gasteiger partial charge >= 0.3 is 5.69 Å². The van der Waals surface area contributed by atoms with Gasteiger partial charge in [-0.2, -0.15) is 4.73 Å². The van der Waals surface area contributed by atoms with Crippen LogP contribution in [0.1, 0.15) is 5.69 Å². The Kier molecular flexibility index (Phi) is 1.72. The minimum atomic E-state index is -0.580. The summed E-state index contributed by atoms with van der Waals surface area (Å²) in [5.41, 5.74) is -0.0417. The van der Waals surface area contributed by atoms with Gasteiger partial charge in [0.15, 0.2) is 6.20 Å². The molecule has 0 unspecified atom stereocenters. The van der Waals surface area contributed by atoms with E-state index in [0.717, 1.165) is 0 Å². The van der Waals surface area contributed by atoms with Crippen molar-refractivity contribution in [3.8, 4) is 0 Å². The van der Waals surface area contributed by atoms with E-state index in [1.807, 2.05) is 0 Å². The highest BCUT2D eigenvalue weighted by molar-refractivity contribution is 5.29. The molecule has 1 rings (SSSR count). The second-order valence-corrected chi connectivity index (χ2v) is 2.06. The van der Waals surface area contributed by atoms with Crippen LogP contribution in [0, 0.1) is 22.2 Å². The maximum absolute atomic E-state index is 10.8. The van der Waals surface area contributed by atoms with Crippen LogP contribution in [-0.4, -0.2) is 4.92 Å². The van der Waals surface area contributed by atoms with Crippen LogP contribution in [-0.2, 0) is 0 Å². The molecule has 0 fully saturated rings. The van der Waals surface area contributed by atoms with E-state index in [0.29, 0.717) is 4.73 Å². The maximum Gasteiger partial charge on any atom is 0.336 e. The van der Waals surface area contributed by atoms with Crippen molar-refractivity contribution in [2.75, 3.05) is 0 Å². The summed E-state index contributed by atoms with van der Waals surface area (Å²) in [5, 5.41) is 21.0. The zero-order valence-corrected chi connectivity index (χ0v) is 5.85. The number of hydrogen-bond donors (Lipinski definition) is 0. The summed E-state index contributed by atoms with van der Waals surface area (Å²) in [5.74, 6) is 0. The predicted octanol–water partition coefficient (Wildman–Crippen LogP) is 0.537. The molecule has 1 aromatic heterocycles. The largest absolute Gasteiger partial charge is 0.618 e. The van der Waals surface area contributed by atoms with Crippen molar-refractivity contribution in [2.24, 2.45) is 0 Å². The Bertz CT molecular complexity index is 298. The zero-order valence-electron chi connectivity index (χ0n) is 5.85. The number of rotatable bonds is 1. The average molecular weight is 154 g/mol. The lowest BCUT2D eigenvalue weighted by Crippen LogP contribution is -2.29. The Morgan fingerprint density at radius 1 is 1.64 bits per heavy atom. The minimum Gasteiger partial charge on any atom is -0.618 e. The highest BCUT2D eigenvalue weighted by Crippen LogP contribution is 2.11. The summed E-state index contributed by atoms with van der Waals surface area (Å²) >= 11 is 0. The molecule has 0 aliphatic carbocycles. The van der Waals surface area contributed by atoms with E-state index in [9.17, 15) is 15.3 Å². The first kappa shape index (κ1) is 7.46. The Labute approximate surface area is 62.6 Å². The fourth-order valence-corrected chi connectivity index (χ4v) is 0.751. The topological polar surface area (TPSA) is 70.1 Å². The van der Waals surface area contributed by atoms with Crippen LogP contribution in [0.15, 0.2) is 18.3 Å². The van der Waals surface area contributed by atoms with Crippen molar-refractivity contribution in [3.63, 3.8) is 0 Å². The first-order valence-electron chi connectivity index (χ1n) is 2.96. The molecular formula is C6H6N2O3. The molecule has 0 aliphatic heterocycles. The average Bonchev–Trinajstić information content (AvgIpc) is 1.94. The molecule has 0 atom stereocenters. The summed E-state index contributed by atoms with van der Waals surface area (Å²) in [6.07, 6.45) is 1.22.